The fourth-order valence-corrected chi connectivity index (χ4v) is 9.40. The molecule has 0 aromatic carbocycles. The van der Waals surface area contributed by atoms with Gasteiger partial charge in [0.25, 0.3) is 0 Å². The van der Waals surface area contributed by atoms with E-state index in [1.807, 2.05) is 0 Å². The number of esters is 3. The second-order valence-corrected chi connectivity index (χ2v) is 21.9. The Balaban J connectivity index is 4.21. The first-order valence-electron chi connectivity index (χ1n) is 30.2. The van der Waals surface area contributed by atoms with Crippen molar-refractivity contribution in [1.29, 1.82) is 0 Å². The molecule has 398 valence electrons. The molecule has 0 aliphatic heterocycles. The maximum Gasteiger partial charge on any atom is 0.306 e. The molecule has 0 bridgehead atoms. The van der Waals surface area contributed by atoms with E-state index in [1.54, 1.807) is 0 Å². The van der Waals surface area contributed by atoms with E-state index in [0.29, 0.717) is 19.3 Å². The summed E-state index contributed by atoms with van der Waals surface area (Å²) in [7, 11) is 0. The second kappa shape index (κ2) is 53.8. The van der Waals surface area contributed by atoms with Crippen molar-refractivity contribution < 1.29 is 28.6 Å². The molecule has 0 N–H and O–H groups in total. The molecule has 6 heteroatoms. The van der Waals surface area contributed by atoms with Crippen molar-refractivity contribution in [2.75, 3.05) is 13.2 Å². The molecule has 0 rings (SSSR count). The Labute approximate surface area is 418 Å². The van der Waals surface area contributed by atoms with E-state index in [9.17, 15) is 14.4 Å². The fraction of sp³-hybridized carbons (Fsp3) is 0.951. The molecule has 0 aliphatic rings. The first kappa shape index (κ1) is 65.4. The number of hydrogen-bond donors (Lipinski definition) is 0. The number of rotatable bonds is 55. The summed E-state index contributed by atoms with van der Waals surface area (Å²) in [4.78, 5) is 38.1. The normalized spacial score (nSPS) is 12.0. The van der Waals surface area contributed by atoms with E-state index in [1.165, 1.54) is 231 Å². The smallest absolute Gasteiger partial charge is 0.306 e. The van der Waals surface area contributed by atoms with E-state index in [4.69, 9.17) is 14.2 Å². The van der Waals surface area contributed by atoms with Gasteiger partial charge < -0.3 is 14.2 Å². The van der Waals surface area contributed by atoms with Crippen LogP contribution in [0.3, 0.4) is 0 Å². The highest BCUT2D eigenvalue weighted by molar-refractivity contribution is 5.71. The Bertz CT molecular complexity index is 1020. The van der Waals surface area contributed by atoms with Crippen LogP contribution in [0.1, 0.15) is 343 Å². The van der Waals surface area contributed by atoms with Crippen LogP contribution in [-0.4, -0.2) is 37.2 Å². The molecule has 0 amide bonds. The van der Waals surface area contributed by atoms with Gasteiger partial charge in [-0.2, -0.15) is 0 Å². The first-order chi connectivity index (χ1) is 32.7. The van der Waals surface area contributed by atoms with Crippen molar-refractivity contribution in [3.8, 4) is 0 Å². The van der Waals surface area contributed by atoms with Crippen molar-refractivity contribution >= 4 is 17.9 Å². The van der Waals surface area contributed by atoms with Crippen LogP contribution in [0.2, 0.25) is 0 Å². The van der Waals surface area contributed by atoms with Crippen LogP contribution in [0.5, 0.6) is 0 Å². The molecule has 0 aromatic rings. The number of carbonyl (C=O) groups excluding carboxylic acids is 3. The van der Waals surface area contributed by atoms with E-state index >= 15 is 0 Å². The maximum atomic E-state index is 12.9. The van der Waals surface area contributed by atoms with Crippen LogP contribution in [-0.2, 0) is 28.6 Å². The van der Waals surface area contributed by atoms with E-state index < -0.39 is 6.10 Å². The zero-order valence-electron chi connectivity index (χ0n) is 46.0. The number of carbonyl (C=O) groups is 3. The van der Waals surface area contributed by atoms with Gasteiger partial charge in [-0.05, 0) is 31.1 Å². The molecule has 0 unspecified atom stereocenters. The van der Waals surface area contributed by atoms with Crippen molar-refractivity contribution in [2.45, 2.75) is 349 Å². The molecule has 0 aliphatic carbocycles. The second-order valence-electron chi connectivity index (χ2n) is 21.9. The highest BCUT2D eigenvalue weighted by atomic mass is 16.6. The van der Waals surface area contributed by atoms with Gasteiger partial charge in [0, 0.05) is 19.3 Å². The average molecular weight is 948 g/mol. The van der Waals surface area contributed by atoms with Crippen molar-refractivity contribution in [2.24, 2.45) is 11.8 Å². The third-order valence-electron chi connectivity index (χ3n) is 14.0. The average Bonchev–Trinajstić information content (AvgIpc) is 3.30. The predicted molar refractivity (Wildman–Crippen MR) is 289 cm³/mol. The van der Waals surface area contributed by atoms with Gasteiger partial charge in [0.15, 0.2) is 6.10 Å². The molecular weight excluding hydrogens is 829 g/mol. The molecule has 1 atom stereocenters. The quantitative estimate of drug-likeness (QED) is 0.0343. The molecule has 0 saturated carbocycles. The summed E-state index contributed by atoms with van der Waals surface area (Å²) < 4.78 is 16.9. The standard InChI is InChI=1S/C61H118O6/c1-6-7-8-9-10-11-31-36-41-46-51-59(62)65-54-58(55-66-60(63)52-47-42-37-32-27-23-20-16-18-22-26-30-35-40-45-50-57(4)5)67-61(64)53-48-43-38-33-28-24-19-15-13-12-14-17-21-25-29-34-39-44-49-56(2)3/h56-58H,6-55H2,1-5H3/t58-/m0/s1. The fourth-order valence-electron chi connectivity index (χ4n) is 9.40. The lowest BCUT2D eigenvalue weighted by molar-refractivity contribution is -0.167. The minimum Gasteiger partial charge on any atom is -0.462 e. The molecule has 0 fully saturated rings. The molecule has 0 heterocycles. The molecule has 67 heavy (non-hydrogen) atoms. The van der Waals surface area contributed by atoms with E-state index in [0.717, 1.165) is 69.6 Å². The molecule has 0 saturated heterocycles. The summed E-state index contributed by atoms with van der Waals surface area (Å²) in [5.74, 6) is 0.870. The van der Waals surface area contributed by atoms with E-state index in [2.05, 4.69) is 34.6 Å². The Hall–Kier alpha value is -1.59. The third-order valence-corrected chi connectivity index (χ3v) is 14.0. The molecular formula is C61H118O6. The van der Waals surface area contributed by atoms with Crippen molar-refractivity contribution in [3.05, 3.63) is 0 Å². The van der Waals surface area contributed by atoms with Gasteiger partial charge in [-0.3, -0.25) is 14.4 Å². The molecule has 0 spiro atoms. The van der Waals surface area contributed by atoms with Crippen LogP contribution in [0.15, 0.2) is 0 Å². The van der Waals surface area contributed by atoms with Crippen molar-refractivity contribution in [1.82, 2.24) is 0 Å². The lowest BCUT2D eigenvalue weighted by atomic mass is 10.0. The van der Waals surface area contributed by atoms with Gasteiger partial charge >= 0.3 is 17.9 Å². The Morgan fingerprint density at radius 1 is 0.284 bits per heavy atom. The summed E-state index contributed by atoms with van der Waals surface area (Å²) in [6, 6.07) is 0. The summed E-state index contributed by atoms with van der Waals surface area (Å²) in [5, 5.41) is 0. The number of unbranched alkanes of at least 4 members (excludes halogenated alkanes) is 40. The molecule has 0 radical (unpaired) electrons. The van der Waals surface area contributed by atoms with Gasteiger partial charge in [0.05, 0.1) is 0 Å². The largest absolute Gasteiger partial charge is 0.462 e. The summed E-state index contributed by atoms with van der Waals surface area (Å²) in [6.07, 6.45) is 58.2. The first-order valence-corrected chi connectivity index (χ1v) is 30.2. The van der Waals surface area contributed by atoms with Crippen molar-refractivity contribution in [3.63, 3.8) is 0 Å². The zero-order valence-corrected chi connectivity index (χ0v) is 46.0. The van der Waals surface area contributed by atoms with Gasteiger partial charge in [0.2, 0.25) is 0 Å². The lowest BCUT2D eigenvalue weighted by Crippen LogP contribution is -2.30. The number of hydrogen-bond acceptors (Lipinski definition) is 6. The molecule has 0 aromatic heterocycles. The predicted octanol–water partition coefficient (Wildman–Crippen LogP) is 20.0. The number of ether oxygens (including phenoxy) is 3. The highest BCUT2D eigenvalue weighted by Crippen LogP contribution is 2.19. The van der Waals surface area contributed by atoms with Gasteiger partial charge in [0.1, 0.15) is 13.2 Å². The summed E-state index contributed by atoms with van der Waals surface area (Å²) >= 11 is 0. The SMILES string of the molecule is CCCCCCCCCCCCC(=O)OC[C@@H](COC(=O)CCCCCCCCCCCCCCCCCC(C)C)OC(=O)CCCCCCCCCCCCCCCCCCCCC(C)C. The van der Waals surface area contributed by atoms with Crippen LogP contribution in [0, 0.1) is 11.8 Å². The highest BCUT2D eigenvalue weighted by Gasteiger charge is 2.19. The third kappa shape index (κ3) is 55.2. The lowest BCUT2D eigenvalue weighted by Gasteiger charge is -2.18. The summed E-state index contributed by atoms with van der Waals surface area (Å²) in [5.41, 5.74) is 0. The Kier molecular flexibility index (Phi) is 52.5. The van der Waals surface area contributed by atoms with Crippen LogP contribution in [0.4, 0.5) is 0 Å². The Morgan fingerprint density at radius 3 is 0.731 bits per heavy atom. The van der Waals surface area contributed by atoms with Crippen LogP contribution >= 0.6 is 0 Å². The minimum absolute atomic E-state index is 0.0623. The maximum absolute atomic E-state index is 12.9. The monoisotopic (exact) mass is 947 g/mol. The van der Waals surface area contributed by atoms with Crippen LogP contribution in [0.25, 0.3) is 0 Å². The zero-order chi connectivity index (χ0) is 48.9. The minimum atomic E-state index is -0.762. The molecule has 6 nitrogen and oxygen atoms in total. The van der Waals surface area contributed by atoms with E-state index in [-0.39, 0.29) is 31.1 Å². The van der Waals surface area contributed by atoms with Crippen LogP contribution < -0.4 is 0 Å². The Morgan fingerprint density at radius 2 is 0.493 bits per heavy atom. The topological polar surface area (TPSA) is 78.9 Å². The van der Waals surface area contributed by atoms with Gasteiger partial charge in [-0.1, -0.05) is 304 Å². The summed E-state index contributed by atoms with van der Waals surface area (Å²) in [6.45, 7) is 11.4. The van der Waals surface area contributed by atoms with Gasteiger partial charge in [-0.25, -0.2) is 0 Å². The van der Waals surface area contributed by atoms with Gasteiger partial charge in [-0.15, -0.1) is 0 Å².